The fraction of sp³-hybridized carbons (Fsp3) is 0.167. The Morgan fingerprint density at radius 1 is 1.33 bits per heavy atom. The van der Waals surface area contributed by atoms with Crippen LogP contribution in [0.5, 0.6) is 0 Å². The number of thioether (sulfide) groups is 1. The second-order valence-electron chi connectivity index (χ2n) is 5.45. The largest absolute Gasteiger partial charge is 0.362 e. The van der Waals surface area contributed by atoms with Crippen molar-refractivity contribution in [3.63, 3.8) is 0 Å². The van der Waals surface area contributed by atoms with Crippen LogP contribution in [0.15, 0.2) is 52.6 Å². The maximum absolute atomic E-state index is 12.0. The highest BCUT2D eigenvalue weighted by atomic mass is 32.2. The lowest BCUT2D eigenvalue weighted by atomic mass is 10.2. The van der Waals surface area contributed by atoms with E-state index in [0.717, 1.165) is 32.7 Å². The smallest absolute Gasteiger partial charge is 0.250 e. The van der Waals surface area contributed by atoms with Gasteiger partial charge in [-0.15, -0.1) is 11.8 Å². The van der Waals surface area contributed by atoms with Gasteiger partial charge >= 0.3 is 0 Å². The third-order valence-electron chi connectivity index (χ3n) is 3.54. The minimum atomic E-state index is -0.144. The van der Waals surface area contributed by atoms with E-state index in [2.05, 4.69) is 20.5 Å². The number of para-hydroxylation sites is 1. The number of nitrogens with zero attached hydrogens (tertiary/aromatic N) is 2. The number of aromatic nitrogens is 2. The molecule has 122 valence electrons. The molecule has 5 nitrogen and oxygen atoms in total. The highest BCUT2D eigenvalue weighted by molar-refractivity contribution is 8.00. The standard InChI is InChI=1S/C18H18N4OS/c1-12-9-15(13(2)21-12)10-20-22-17(23)11-24-16-7-3-5-14-6-4-8-19-18(14)16/h3-10,21H,11H2,1-2H3,(H,22,23)/b20-10+. The van der Waals surface area contributed by atoms with E-state index in [1.165, 1.54) is 11.8 Å². The molecule has 0 saturated carbocycles. The third-order valence-corrected chi connectivity index (χ3v) is 4.58. The first-order chi connectivity index (χ1) is 11.6. The summed E-state index contributed by atoms with van der Waals surface area (Å²) < 4.78 is 0. The van der Waals surface area contributed by atoms with Gasteiger partial charge in [0, 0.05) is 33.4 Å². The van der Waals surface area contributed by atoms with Gasteiger partial charge in [0.1, 0.15) is 0 Å². The van der Waals surface area contributed by atoms with Gasteiger partial charge < -0.3 is 4.98 Å². The molecule has 6 heteroatoms. The van der Waals surface area contributed by atoms with Gasteiger partial charge in [-0.1, -0.05) is 18.2 Å². The highest BCUT2D eigenvalue weighted by Gasteiger charge is 2.06. The van der Waals surface area contributed by atoms with E-state index in [9.17, 15) is 4.79 Å². The maximum Gasteiger partial charge on any atom is 0.250 e. The number of H-pyrrole nitrogens is 1. The zero-order valence-corrected chi connectivity index (χ0v) is 14.4. The quantitative estimate of drug-likeness (QED) is 0.425. The first-order valence-electron chi connectivity index (χ1n) is 7.58. The molecule has 3 rings (SSSR count). The predicted octanol–water partition coefficient (Wildman–Crippen LogP) is 3.42. The number of rotatable bonds is 5. The summed E-state index contributed by atoms with van der Waals surface area (Å²) in [7, 11) is 0. The summed E-state index contributed by atoms with van der Waals surface area (Å²) >= 11 is 1.46. The molecule has 1 aromatic carbocycles. The Kier molecular flexibility index (Phi) is 4.96. The van der Waals surface area contributed by atoms with Crippen molar-refractivity contribution < 1.29 is 4.79 Å². The summed E-state index contributed by atoms with van der Waals surface area (Å²) in [6.45, 7) is 3.96. The highest BCUT2D eigenvalue weighted by Crippen LogP contribution is 2.25. The van der Waals surface area contributed by atoms with Crippen LogP contribution in [-0.2, 0) is 4.79 Å². The number of nitrogens with one attached hydrogen (secondary N) is 2. The van der Waals surface area contributed by atoms with Crippen LogP contribution in [0.3, 0.4) is 0 Å². The van der Waals surface area contributed by atoms with Crippen molar-refractivity contribution in [2.75, 3.05) is 5.75 Å². The molecular formula is C18H18N4OS. The zero-order valence-electron chi connectivity index (χ0n) is 13.5. The van der Waals surface area contributed by atoms with Crippen LogP contribution in [0.25, 0.3) is 10.9 Å². The van der Waals surface area contributed by atoms with Gasteiger partial charge in [0.15, 0.2) is 0 Å². The van der Waals surface area contributed by atoms with Gasteiger partial charge in [-0.3, -0.25) is 9.78 Å². The van der Waals surface area contributed by atoms with Crippen molar-refractivity contribution in [1.29, 1.82) is 0 Å². The van der Waals surface area contributed by atoms with E-state index in [0.29, 0.717) is 0 Å². The Balaban J connectivity index is 1.58. The second-order valence-corrected chi connectivity index (χ2v) is 6.46. The Hall–Kier alpha value is -2.60. The van der Waals surface area contributed by atoms with E-state index in [4.69, 9.17) is 0 Å². The monoisotopic (exact) mass is 338 g/mol. The first-order valence-corrected chi connectivity index (χ1v) is 8.57. The fourth-order valence-corrected chi connectivity index (χ4v) is 3.25. The molecule has 0 bridgehead atoms. The minimum absolute atomic E-state index is 0.144. The van der Waals surface area contributed by atoms with Gasteiger partial charge in [0.2, 0.25) is 5.91 Å². The molecule has 0 spiro atoms. The molecule has 2 aromatic heterocycles. The first kappa shape index (κ1) is 16.3. The van der Waals surface area contributed by atoms with E-state index < -0.39 is 0 Å². The van der Waals surface area contributed by atoms with E-state index in [-0.39, 0.29) is 11.7 Å². The molecule has 2 N–H and O–H groups in total. The van der Waals surface area contributed by atoms with Crippen LogP contribution < -0.4 is 5.43 Å². The number of fused-ring (bicyclic) bond motifs is 1. The average molecular weight is 338 g/mol. The number of amides is 1. The number of carbonyl (C=O) groups is 1. The minimum Gasteiger partial charge on any atom is -0.362 e. The average Bonchev–Trinajstić information content (AvgIpc) is 2.90. The van der Waals surface area contributed by atoms with Crippen molar-refractivity contribution in [2.45, 2.75) is 18.7 Å². The molecule has 0 aliphatic rings. The summed E-state index contributed by atoms with van der Waals surface area (Å²) in [5.74, 6) is 0.145. The summed E-state index contributed by atoms with van der Waals surface area (Å²) in [4.78, 5) is 20.5. The van der Waals surface area contributed by atoms with Crippen LogP contribution in [-0.4, -0.2) is 27.8 Å². The fourth-order valence-electron chi connectivity index (χ4n) is 2.42. The molecule has 0 aliphatic heterocycles. The maximum atomic E-state index is 12.0. The third kappa shape index (κ3) is 3.83. The summed E-state index contributed by atoms with van der Waals surface area (Å²) in [5.41, 5.74) is 6.55. The molecule has 3 aromatic rings. The number of aromatic amines is 1. The van der Waals surface area contributed by atoms with Crippen LogP contribution in [0.4, 0.5) is 0 Å². The summed E-state index contributed by atoms with van der Waals surface area (Å²) in [6.07, 6.45) is 3.42. The van der Waals surface area contributed by atoms with Crippen LogP contribution in [0.2, 0.25) is 0 Å². The van der Waals surface area contributed by atoms with E-state index in [1.54, 1.807) is 12.4 Å². The summed E-state index contributed by atoms with van der Waals surface area (Å²) in [5, 5.41) is 5.09. The molecule has 0 aliphatic carbocycles. The van der Waals surface area contributed by atoms with Crippen molar-refractivity contribution in [1.82, 2.24) is 15.4 Å². The lowest BCUT2D eigenvalue weighted by Crippen LogP contribution is -2.19. The number of aryl methyl sites for hydroxylation is 2. The van der Waals surface area contributed by atoms with Crippen molar-refractivity contribution >= 4 is 34.8 Å². The molecule has 0 atom stereocenters. The van der Waals surface area contributed by atoms with E-state index in [1.807, 2.05) is 50.2 Å². The molecule has 24 heavy (non-hydrogen) atoms. The number of pyridine rings is 1. The number of hydrogen-bond acceptors (Lipinski definition) is 4. The molecule has 0 fully saturated rings. The van der Waals surface area contributed by atoms with Crippen molar-refractivity contribution in [2.24, 2.45) is 5.10 Å². The van der Waals surface area contributed by atoms with Crippen LogP contribution in [0.1, 0.15) is 17.0 Å². The number of benzene rings is 1. The van der Waals surface area contributed by atoms with Gasteiger partial charge in [-0.2, -0.15) is 5.10 Å². The normalized spacial score (nSPS) is 11.2. The van der Waals surface area contributed by atoms with Gasteiger partial charge in [-0.05, 0) is 32.0 Å². The Labute approximate surface area is 144 Å². The van der Waals surface area contributed by atoms with E-state index >= 15 is 0 Å². The number of carbonyl (C=O) groups excluding carboxylic acids is 1. The van der Waals surface area contributed by atoms with Crippen LogP contribution in [0, 0.1) is 13.8 Å². The molecular weight excluding hydrogens is 320 g/mol. The van der Waals surface area contributed by atoms with Crippen molar-refractivity contribution in [3.8, 4) is 0 Å². The van der Waals surface area contributed by atoms with Gasteiger partial charge in [-0.25, -0.2) is 5.43 Å². The van der Waals surface area contributed by atoms with Gasteiger partial charge in [0.25, 0.3) is 0 Å². The summed E-state index contributed by atoms with van der Waals surface area (Å²) in [6, 6.07) is 11.9. The Morgan fingerprint density at radius 3 is 2.96 bits per heavy atom. The van der Waals surface area contributed by atoms with Gasteiger partial charge in [0.05, 0.1) is 17.5 Å². The lowest BCUT2D eigenvalue weighted by molar-refractivity contribution is -0.118. The molecule has 0 saturated heterocycles. The number of hydrazone groups is 1. The molecule has 0 unspecified atom stereocenters. The molecule has 2 heterocycles. The van der Waals surface area contributed by atoms with Crippen LogP contribution >= 0.6 is 11.8 Å². The Morgan fingerprint density at radius 2 is 2.17 bits per heavy atom. The topological polar surface area (TPSA) is 70.1 Å². The van der Waals surface area contributed by atoms with Crippen molar-refractivity contribution in [3.05, 3.63) is 59.5 Å². The molecule has 0 radical (unpaired) electrons. The Bertz CT molecular complexity index is 896. The predicted molar refractivity (Wildman–Crippen MR) is 98.5 cm³/mol. The zero-order chi connectivity index (χ0) is 16.9. The number of hydrogen-bond donors (Lipinski definition) is 2. The second kappa shape index (κ2) is 7.31. The lowest BCUT2D eigenvalue weighted by Gasteiger charge is -2.04. The SMILES string of the molecule is Cc1cc(/C=N/NC(=O)CSc2cccc3cccnc23)c(C)[nH]1. The molecule has 1 amide bonds.